The minimum atomic E-state index is -0.102. The first-order valence-corrected chi connectivity index (χ1v) is 7.86. The summed E-state index contributed by atoms with van der Waals surface area (Å²) in [6.07, 6.45) is 3.31. The SMILES string of the molecule is CC(C)CCCC(C)NC(=O)COc1ccc2c(c1)OCO2. The van der Waals surface area contributed by atoms with E-state index in [0.29, 0.717) is 23.2 Å². The van der Waals surface area contributed by atoms with Gasteiger partial charge in [0.15, 0.2) is 18.1 Å². The zero-order valence-electron chi connectivity index (χ0n) is 13.6. The first-order chi connectivity index (χ1) is 10.5. The zero-order valence-corrected chi connectivity index (χ0v) is 13.6. The third kappa shape index (κ3) is 5.13. The molecule has 0 saturated heterocycles. The Kier molecular flexibility index (Phi) is 5.92. The van der Waals surface area contributed by atoms with Gasteiger partial charge in [-0.3, -0.25) is 4.79 Å². The number of rotatable bonds is 8. The Bertz CT molecular complexity index is 501. The fourth-order valence-corrected chi connectivity index (χ4v) is 2.34. The van der Waals surface area contributed by atoms with Gasteiger partial charge >= 0.3 is 0 Å². The van der Waals surface area contributed by atoms with Gasteiger partial charge in [-0.05, 0) is 31.4 Å². The first-order valence-electron chi connectivity index (χ1n) is 7.86. The highest BCUT2D eigenvalue weighted by molar-refractivity contribution is 5.77. The van der Waals surface area contributed by atoms with Crippen LogP contribution in [0.25, 0.3) is 0 Å². The molecule has 1 amide bonds. The second kappa shape index (κ2) is 7.92. The highest BCUT2D eigenvalue weighted by Crippen LogP contribution is 2.34. The molecule has 5 nitrogen and oxygen atoms in total. The number of ether oxygens (including phenoxy) is 3. The van der Waals surface area contributed by atoms with Gasteiger partial charge in [0.1, 0.15) is 5.75 Å². The molecule has 122 valence electrons. The van der Waals surface area contributed by atoms with Crippen molar-refractivity contribution in [2.45, 2.75) is 46.1 Å². The summed E-state index contributed by atoms with van der Waals surface area (Å²) in [4.78, 5) is 11.9. The van der Waals surface area contributed by atoms with E-state index in [9.17, 15) is 4.79 Å². The molecule has 0 radical (unpaired) electrons. The second-order valence-corrected chi connectivity index (χ2v) is 6.10. The monoisotopic (exact) mass is 307 g/mol. The molecule has 0 aliphatic carbocycles. The van der Waals surface area contributed by atoms with Gasteiger partial charge in [-0.15, -0.1) is 0 Å². The maximum Gasteiger partial charge on any atom is 0.258 e. The van der Waals surface area contributed by atoms with Crippen molar-refractivity contribution in [3.63, 3.8) is 0 Å². The van der Waals surface area contributed by atoms with Gasteiger partial charge in [-0.1, -0.05) is 26.7 Å². The van der Waals surface area contributed by atoms with Gasteiger partial charge in [-0.25, -0.2) is 0 Å². The molecule has 1 N–H and O–H groups in total. The van der Waals surface area contributed by atoms with E-state index >= 15 is 0 Å². The van der Waals surface area contributed by atoms with Crippen LogP contribution in [-0.4, -0.2) is 25.3 Å². The second-order valence-electron chi connectivity index (χ2n) is 6.10. The number of fused-ring (bicyclic) bond motifs is 1. The summed E-state index contributed by atoms with van der Waals surface area (Å²) in [5, 5.41) is 2.96. The summed E-state index contributed by atoms with van der Waals surface area (Å²) in [6.45, 7) is 6.69. The van der Waals surface area contributed by atoms with Crippen molar-refractivity contribution in [1.29, 1.82) is 0 Å². The molecule has 1 aliphatic rings. The molecule has 1 aromatic rings. The summed E-state index contributed by atoms with van der Waals surface area (Å²) < 4.78 is 16.0. The smallest absolute Gasteiger partial charge is 0.258 e. The number of amides is 1. The predicted octanol–water partition coefficient (Wildman–Crippen LogP) is 3.13. The highest BCUT2D eigenvalue weighted by Gasteiger charge is 2.14. The fourth-order valence-electron chi connectivity index (χ4n) is 2.34. The van der Waals surface area contributed by atoms with E-state index in [0.717, 1.165) is 12.8 Å². The van der Waals surface area contributed by atoms with E-state index in [4.69, 9.17) is 14.2 Å². The molecule has 22 heavy (non-hydrogen) atoms. The van der Waals surface area contributed by atoms with Crippen molar-refractivity contribution in [2.24, 2.45) is 5.92 Å². The van der Waals surface area contributed by atoms with Gasteiger partial charge in [0.05, 0.1) is 0 Å². The van der Waals surface area contributed by atoms with Crippen LogP contribution >= 0.6 is 0 Å². The Labute approximate surface area is 131 Å². The van der Waals surface area contributed by atoms with E-state index in [2.05, 4.69) is 19.2 Å². The molecular weight excluding hydrogens is 282 g/mol. The van der Waals surface area contributed by atoms with Crippen LogP contribution in [0.5, 0.6) is 17.2 Å². The first kappa shape index (κ1) is 16.5. The summed E-state index contributed by atoms with van der Waals surface area (Å²) in [7, 11) is 0. The van der Waals surface area contributed by atoms with Crippen molar-refractivity contribution in [2.75, 3.05) is 13.4 Å². The van der Waals surface area contributed by atoms with Crippen LogP contribution in [0.15, 0.2) is 18.2 Å². The van der Waals surface area contributed by atoms with E-state index in [1.165, 1.54) is 6.42 Å². The Morgan fingerprint density at radius 2 is 2.00 bits per heavy atom. The lowest BCUT2D eigenvalue weighted by Gasteiger charge is -2.15. The lowest BCUT2D eigenvalue weighted by molar-refractivity contribution is -0.123. The average Bonchev–Trinajstić information content (AvgIpc) is 2.92. The molecule has 0 spiro atoms. The standard InChI is InChI=1S/C17H25NO4/c1-12(2)5-4-6-13(3)18-17(19)10-20-14-7-8-15-16(9-14)22-11-21-15/h7-9,12-13H,4-6,10-11H2,1-3H3,(H,18,19). The molecule has 1 aromatic carbocycles. The molecule has 0 aromatic heterocycles. The summed E-state index contributed by atoms with van der Waals surface area (Å²) in [5.41, 5.74) is 0. The molecule has 0 saturated carbocycles. The van der Waals surface area contributed by atoms with Gasteiger partial charge in [0.2, 0.25) is 6.79 Å². The third-order valence-corrected chi connectivity index (χ3v) is 3.54. The molecule has 1 heterocycles. The fraction of sp³-hybridized carbons (Fsp3) is 0.588. The Balaban J connectivity index is 1.69. The number of carbonyl (C=O) groups is 1. The topological polar surface area (TPSA) is 56.8 Å². The number of hydrogen-bond acceptors (Lipinski definition) is 4. The largest absolute Gasteiger partial charge is 0.484 e. The van der Waals surface area contributed by atoms with Gasteiger partial charge in [-0.2, -0.15) is 0 Å². The van der Waals surface area contributed by atoms with Crippen molar-refractivity contribution >= 4 is 5.91 Å². The lowest BCUT2D eigenvalue weighted by Crippen LogP contribution is -2.36. The van der Waals surface area contributed by atoms with Crippen LogP contribution in [0.2, 0.25) is 0 Å². The molecular formula is C17H25NO4. The average molecular weight is 307 g/mol. The molecule has 1 aliphatic heterocycles. The molecule has 2 rings (SSSR count). The van der Waals surface area contributed by atoms with E-state index in [1.54, 1.807) is 18.2 Å². The Hall–Kier alpha value is -1.91. The number of hydrogen-bond donors (Lipinski definition) is 1. The van der Waals surface area contributed by atoms with Gasteiger partial charge in [0.25, 0.3) is 5.91 Å². The van der Waals surface area contributed by atoms with Crippen LogP contribution < -0.4 is 19.5 Å². The molecule has 0 fully saturated rings. The van der Waals surface area contributed by atoms with Crippen LogP contribution in [0.3, 0.4) is 0 Å². The summed E-state index contributed by atoms with van der Waals surface area (Å²) in [5.74, 6) is 2.56. The van der Waals surface area contributed by atoms with Crippen LogP contribution in [-0.2, 0) is 4.79 Å². The van der Waals surface area contributed by atoms with E-state index in [1.807, 2.05) is 6.92 Å². The Morgan fingerprint density at radius 3 is 2.77 bits per heavy atom. The van der Waals surface area contributed by atoms with Crippen LogP contribution in [0, 0.1) is 5.92 Å². The predicted molar refractivity (Wildman–Crippen MR) is 84.4 cm³/mol. The maximum atomic E-state index is 11.9. The molecule has 1 atom stereocenters. The van der Waals surface area contributed by atoms with Crippen molar-refractivity contribution in [1.82, 2.24) is 5.32 Å². The maximum absolute atomic E-state index is 11.9. The normalized spacial score (nSPS) is 14.0. The van der Waals surface area contributed by atoms with E-state index in [-0.39, 0.29) is 25.3 Å². The third-order valence-electron chi connectivity index (χ3n) is 3.54. The van der Waals surface area contributed by atoms with Crippen LogP contribution in [0.4, 0.5) is 0 Å². The van der Waals surface area contributed by atoms with Gasteiger partial charge in [0, 0.05) is 12.1 Å². The molecule has 0 bridgehead atoms. The molecule has 1 unspecified atom stereocenters. The van der Waals surface area contributed by atoms with Gasteiger partial charge < -0.3 is 19.5 Å². The lowest BCUT2D eigenvalue weighted by atomic mass is 10.0. The zero-order chi connectivity index (χ0) is 15.9. The molecule has 5 heteroatoms. The van der Waals surface area contributed by atoms with E-state index < -0.39 is 0 Å². The number of carbonyl (C=O) groups excluding carboxylic acids is 1. The number of nitrogens with one attached hydrogen (secondary N) is 1. The summed E-state index contributed by atoms with van der Waals surface area (Å²) >= 11 is 0. The van der Waals surface area contributed by atoms with Crippen molar-refractivity contribution < 1.29 is 19.0 Å². The Morgan fingerprint density at radius 1 is 1.23 bits per heavy atom. The minimum Gasteiger partial charge on any atom is -0.484 e. The number of benzene rings is 1. The quantitative estimate of drug-likeness (QED) is 0.801. The van der Waals surface area contributed by atoms with Crippen molar-refractivity contribution in [3.8, 4) is 17.2 Å². The van der Waals surface area contributed by atoms with Crippen LogP contribution in [0.1, 0.15) is 40.0 Å². The highest BCUT2D eigenvalue weighted by atomic mass is 16.7. The minimum absolute atomic E-state index is 0.00810. The summed E-state index contributed by atoms with van der Waals surface area (Å²) in [6, 6.07) is 5.46. The van der Waals surface area contributed by atoms with Crippen molar-refractivity contribution in [3.05, 3.63) is 18.2 Å².